The van der Waals surface area contributed by atoms with Crippen molar-refractivity contribution in [3.8, 4) is 0 Å². The summed E-state index contributed by atoms with van der Waals surface area (Å²) in [7, 11) is -1.28. The second-order valence-electron chi connectivity index (χ2n) is 5.43. The van der Waals surface area contributed by atoms with Crippen LogP contribution in [-0.4, -0.2) is 6.26 Å². The quantitative estimate of drug-likeness (QED) is 0.609. The Hall–Kier alpha value is -2.21. The topological polar surface area (TPSA) is 0 Å². The highest BCUT2D eigenvalue weighted by Crippen LogP contribution is 2.66. The molecule has 0 nitrogen and oxygen atoms in total. The van der Waals surface area contributed by atoms with Crippen molar-refractivity contribution < 1.29 is 0 Å². The molecule has 1 heteroatoms. The van der Waals surface area contributed by atoms with Crippen LogP contribution < -0.4 is 0 Å². The highest BCUT2D eigenvalue weighted by molar-refractivity contribution is 8.36. The van der Waals surface area contributed by atoms with Crippen molar-refractivity contribution in [3.63, 3.8) is 0 Å². The maximum Gasteiger partial charge on any atom is 0.00563 e. The molecule has 0 radical (unpaired) electrons. The lowest BCUT2D eigenvalue weighted by Gasteiger charge is -2.39. The lowest BCUT2D eigenvalue weighted by molar-refractivity contribution is 1.27. The Bertz CT molecular complexity index is 790. The summed E-state index contributed by atoms with van der Waals surface area (Å²) in [5.74, 6) is 0. The van der Waals surface area contributed by atoms with Crippen LogP contribution in [-0.2, 0) is 0 Å². The number of hydrogen-bond acceptors (Lipinski definition) is 0. The molecule has 0 aromatic heterocycles. The molecule has 1 aliphatic rings. The molecule has 0 N–H and O–H groups in total. The number of hydrogen-bond donors (Lipinski definition) is 0. The van der Waals surface area contributed by atoms with E-state index in [4.69, 9.17) is 0 Å². The number of allylic oxidation sites excluding steroid dienone is 4. The molecule has 0 aliphatic heterocycles. The van der Waals surface area contributed by atoms with E-state index in [0.717, 1.165) is 0 Å². The first kappa shape index (κ1) is 14.7. The summed E-state index contributed by atoms with van der Waals surface area (Å²) in [4.78, 5) is 4.13. The van der Waals surface area contributed by atoms with E-state index < -0.39 is 10.0 Å². The van der Waals surface area contributed by atoms with Gasteiger partial charge in [0.2, 0.25) is 0 Å². The molecule has 0 saturated carbocycles. The van der Waals surface area contributed by atoms with Gasteiger partial charge in [0, 0.05) is 9.80 Å². The van der Waals surface area contributed by atoms with Crippen LogP contribution >= 0.6 is 10.0 Å². The highest BCUT2D eigenvalue weighted by atomic mass is 32.3. The van der Waals surface area contributed by atoms with E-state index in [1.807, 2.05) is 12.2 Å². The molecule has 2 aromatic rings. The molecule has 0 amide bonds. The summed E-state index contributed by atoms with van der Waals surface area (Å²) in [5, 5.41) is 0. The Morgan fingerprint density at radius 3 is 2.36 bits per heavy atom. The molecule has 110 valence electrons. The third-order valence-corrected chi connectivity index (χ3v) is 7.76. The largest absolute Gasteiger partial charge is 0.163 e. The molecule has 1 aliphatic carbocycles. The predicted octanol–water partition coefficient (Wildman–Crippen LogP) is 6.01. The molecule has 0 fully saturated rings. The van der Waals surface area contributed by atoms with Crippen LogP contribution in [0.3, 0.4) is 0 Å². The highest BCUT2D eigenvalue weighted by Gasteiger charge is 2.27. The fraction of sp³-hybridized carbons (Fsp3) is 0.0952. The first-order chi connectivity index (χ1) is 10.7. The summed E-state index contributed by atoms with van der Waals surface area (Å²) in [6.07, 6.45) is 12.9. The standard InChI is InChI=1S/C21H20S/c1-18-12-10-11-17-21(18)22(2,20-15-8-5-9-16-20)19-13-6-3-4-7-14-19/h3-6,8-17H,1-2H3. The molecule has 2 aromatic carbocycles. The van der Waals surface area contributed by atoms with Crippen LogP contribution in [0, 0.1) is 6.92 Å². The number of rotatable bonds is 3. The average Bonchev–Trinajstić information content (AvgIpc) is 2.85. The molecule has 0 saturated heterocycles. The van der Waals surface area contributed by atoms with Crippen LogP contribution in [0.1, 0.15) is 5.56 Å². The minimum absolute atomic E-state index is 1.28. The first-order valence-electron chi connectivity index (χ1n) is 7.41. The van der Waals surface area contributed by atoms with Crippen molar-refractivity contribution in [1.82, 2.24) is 0 Å². The maximum absolute atomic E-state index is 3.28. The van der Waals surface area contributed by atoms with Gasteiger partial charge in [-0.2, -0.15) is 10.0 Å². The van der Waals surface area contributed by atoms with Crippen LogP contribution in [0.2, 0.25) is 0 Å². The minimum Gasteiger partial charge on any atom is -0.163 e. The van der Waals surface area contributed by atoms with Gasteiger partial charge in [0.1, 0.15) is 0 Å². The Kier molecular flexibility index (Phi) is 4.20. The average molecular weight is 304 g/mol. The van der Waals surface area contributed by atoms with E-state index >= 15 is 0 Å². The molecule has 0 heterocycles. The molecule has 22 heavy (non-hydrogen) atoms. The Morgan fingerprint density at radius 1 is 0.864 bits per heavy atom. The Labute approximate surface area is 134 Å². The summed E-state index contributed by atoms with van der Waals surface area (Å²) < 4.78 is 0. The van der Waals surface area contributed by atoms with Crippen molar-refractivity contribution in [2.24, 2.45) is 0 Å². The molecular weight excluding hydrogens is 284 g/mol. The fourth-order valence-electron chi connectivity index (χ4n) is 2.79. The van der Waals surface area contributed by atoms with Crippen LogP contribution in [0.5, 0.6) is 0 Å². The lowest BCUT2D eigenvalue weighted by Crippen LogP contribution is -2.04. The van der Waals surface area contributed by atoms with Crippen molar-refractivity contribution in [3.05, 3.63) is 101 Å². The molecule has 1 unspecified atom stereocenters. The first-order valence-corrected chi connectivity index (χ1v) is 9.45. The van der Waals surface area contributed by atoms with Gasteiger partial charge in [-0.3, -0.25) is 0 Å². The second kappa shape index (κ2) is 6.27. The number of aryl methyl sites for hydroxylation is 1. The summed E-state index contributed by atoms with van der Waals surface area (Å²) in [5.41, 5.74) is 4.62. The Morgan fingerprint density at radius 2 is 1.59 bits per heavy atom. The van der Waals surface area contributed by atoms with Crippen molar-refractivity contribution in [1.29, 1.82) is 0 Å². The lowest BCUT2D eigenvalue weighted by atomic mass is 10.2. The zero-order valence-electron chi connectivity index (χ0n) is 13.0. The van der Waals surface area contributed by atoms with Crippen molar-refractivity contribution in [2.75, 3.05) is 6.26 Å². The third-order valence-electron chi connectivity index (χ3n) is 4.01. The van der Waals surface area contributed by atoms with E-state index in [1.165, 1.54) is 20.3 Å². The summed E-state index contributed by atoms with van der Waals surface area (Å²) >= 11 is 0. The van der Waals surface area contributed by atoms with E-state index in [1.54, 1.807) is 0 Å². The normalized spacial score (nSPS) is 17.5. The third kappa shape index (κ3) is 2.62. The van der Waals surface area contributed by atoms with Gasteiger partial charge >= 0.3 is 0 Å². The molecule has 0 bridgehead atoms. The van der Waals surface area contributed by atoms with Gasteiger partial charge in [-0.15, -0.1) is 5.73 Å². The molecule has 1 atom stereocenters. The maximum atomic E-state index is 3.28. The van der Waals surface area contributed by atoms with Crippen molar-refractivity contribution >= 4 is 10.0 Å². The van der Waals surface area contributed by atoms with Crippen LogP contribution in [0.15, 0.2) is 105 Å². The zero-order valence-corrected chi connectivity index (χ0v) is 13.8. The minimum atomic E-state index is -1.28. The van der Waals surface area contributed by atoms with Gasteiger partial charge in [0.25, 0.3) is 0 Å². The SMILES string of the molecule is Cc1ccccc1S(C)(C1=CC=CC=C=C1)c1ccccc1. The summed E-state index contributed by atoms with van der Waals surface area (Å²) in [6.45, 7) is 2.20. The second-order valence-corrected chi connectivity index (χ2v) is 8.65. The van der Waals surface area contributed by atoms with Gasteiger partial charge in [0.05, 0.1) is 0 Å². The zero-order chi connectivity index (χ0) is 15.4. The molecular formula is C21H20S. The van der Waals surface area contributed by atoms with Gasteiger partial charge < -0.3 is 0 Å². The molecule has 3 rings (SSSR count). The van der Waals surface area contributed by atoms with E-state index in [0.29, 0.717) is 0 Å². The monoisotopic (exact) mass is 304 g/mol. The van der Waals surface area contributed by atoms with Crippen molar-refractivity contribution in [2.45, 2.75) is 16.7 Å². The van der Waals surface area contributed by atoms with Gasteiger partial charge in [-0.25, -0.2) is 0 Å². The summed E-state index contributed by atoms with van der Waals surface area (Å²) in [6, 6.07) is 19.6. The van der Waals surface area contributed by atoms with Gasteiger partial charge in [0.15, 0.2) is 0 Å². The van der Waals surface area contributed by atoms with E-state index in [-0.39, 0.29) is 0 Å². The smallest absolute Gasteiger partial charge is 0.00563 e. The van der Waals surface area contributed by atoms with E-state index in [2.05, 4.69) is 91.7 Å². The van der Waals surface area contributed by atoms with Crippen LogP contribution in [0.25, 0.3) is 0 Å². The fourth-order valence-corrected chi connectivity index (χ4v) is 5.99. The van der Waals surface area contributed by atoms with Crippen LogP contribution in [0.4, 0.5) is 0 Å². The van der Waals surface area contributed by atoms with Gasteiger partial charge in [-0.05, 0) is 60.1 Å². The Balaban J connectivity index is 2.28. The number of benzene rings is 2. The predicted molar refractivity (Wildman–Crippen MR) is 97.5 cm³/mol. The van der Waals surface area contributed by atoms with E-state index in [9.17, 15) is 0 Å². The molecule has 0 spiro atoms. The van der Waals surface area contributed by atoms with Gasteiger partial charge in [-0.1, -0.05) is 48.6 Å².